The van der Waals surface area contributed by atoms with Gasteiger partial charge in [0.1, 0.15) is 6.10 Å². The zero-order chi connectivity index (χ0) is 30.7. The minimum Gasteiger partial charge on any atom is -0.481 e. The lowest BCUT2D eigenvalue weighted by Crippen LogP contribution is -2.44. The molecule has 1 fully saturated rings. The Bertz CT molecular complexity index is 647. The summed E-state index contributed by atoms with van der Waals surface area (Å²) in [5.41, 5.74) is -0.879. The predicted octanol–water partition coefficient (Wildman–Crippen LogP) is 12.4. The largest absolute Gasteiger partial charge is 0.481 e. The van der Waals surface area contributed by atoms with Gasteiger partial charge in [0, 0.05) is 0 Å². The zero-order valence-corrected chi connectivity index (χ0v) is 28.5. The first-order valence-corrected chi connectivity index (χ1v) is 18.9. The molecule has 3 atom stereocenters. The van der Waals surface area contributed by atoms with Crippen LogP contribution in [0.25, 0.3) is 0 Å². The Labute approximate surface area is 261 Å². The van der Waals surface area contributed by atoms with Crippen molar-refractivity contribution in [1.29, 1.82) is 0 Å². The van der Waals surface area contributed by atoms with Gasteiger partial charge in [-0.2, -0.15) is 0 Å². The molecule has 1 aliphatic carbocycles. The van der Waals surface area contributed by atoms with E-state index in [0.717, 1.165) is 38.5 Å². The van der Waals surface area contributed by atoms with Crippen molar-refractivity contribution in [3.63, 3.8) is 0 Å². The molecule has 0 amide bonds. The van der Waals surface area contributed by atoms with E-state index in [0.29, 0.717) is 12.8 Å². The lowest BCUT2D eigenvalue weighted by Gasteiger charge is -2.37. The number of carboxylic acids is 1. The Balaban J connectivity index is 2.32. The van der Waals surface area contributed by atoms with E-state index in [1.165, 1.54) is 141 Å². The van der Waals surface area contributed by atoms with Gasteiger partial charge in [-0.1, -0.05) is 168 Å². The van der Waals surface area contributed by atoms with Gasteiger partial charge in [0.2, 0.25) is 0 Å². The molecule has 0 aromatic carbocycles. The number of carbonyl (C=O) groups excluding carboxylic acids is 1. The number of hydrogen-bond donors (Lipinski definition) is 1. The highest BCUT2D eigenvalue weighted by molar-refractivity contribution is 5.84. The first-order chi connectivity index (χ1) is 20.5. The van der Waals surface area contributed by atoms with Gasteiger partial charge in [0.05, 0.1) is 11.3 Å². The van der Waals surface area contributed by atoms with Crippen LogP contribution in [-0.4, -0.2) is 23.1 Å². The van der Waals surface area contributed by atoms with Gasteiger partial charge in [-0.05, 0) is 45.4 Å². The SMILES string of the molecule is CCCCCCCCCCCCCCCCCC(CCCCCCCCCCC)OC(=O)C1(C)CCCCC1C(=O)O. The van der Waals surface area contributed by atoms with Gasteiger partial charge in [-0.15, -0.1) is 0 Å². The van der Waals surface area contributed by atoms with Crippen LogP contribution in [0.1, 0.15) is 213 Å². The van der Waals surface area contributed by atoms with Crippen LogP contribution in [0.3, 0.4) is 0 Å². The second-order valence-corrected chi connectivity index (χ2v) is 13.9. The number of carbonyl (C=O) groups is 2. The summed E-state index contributed by atoms with van der Waals surface area (Å²) in [7, 11) is 0. The molecular formula is C38H72O4. The van der Waals surface area contributed by atoms with E-state index in [1.54, 1.807) is 0 Å². The molecule has 0 bridgehead atoms. The van der Waals surface area contributed by atoms with Crippen molar-refractivity contribution in [2.24, 2.45) is 11.3 Å². The maximum absolute atomic E-state index is 13.4. The first kappa shape index (κ1) is 39.0. The number of aliphatic carboxylic acids is 1. The van der Waals surface area contributed by atoms with Crippen LogP contribution in [0.4, 0.5) is 0 Å². The van der Waals surface area contributed by atoms with Crippen LogP contribution in [0, 0.1) is 11.3 Å². The van der Waals surface area contributed by atoms with Crippen molar-refractivity contribution >= 4 is 11.9 Å². The van der Waals surface area contributed by atoms with Crippen LogP contribution in [0.2, 0.25) is 0 Å². The van der Waals surface area contributed by atoms with E-state index in [1.807, 2.05) is 6.92 Å². The lowest BCUT2D eigenvalue weighted by atomic mass is 9.67. The van der Waals surface area contributed by atoms with Crippen molar-refractivity contribution in [3.05, 3.63) is 0 Å². The van der Waals surface area contributed by atoms with Crippen molar-refractivity contribution in [2.45, 2.75) is 219 Å². The third kappa shape index (κ3) is 18.6. The number of carboxylic acid groups (broad SMARTS) is 1. The minimum absolute atomic E-state index is 0.0581. The van der Waals surface area contributed by atoms with Crippen molar-refractivity contribution in [2.75, 3.05) is 0 Å². The second kappa shape index (κ2) is 26.4. The maximum atomic E-state index is 13.4. The summed E-state index contributed by atoms with van der Waals surface area (Å²) in [6.45, 7) is 6.39. The molecule has 0 aromatic rings. The summed E-state index contributed by atoms with van der Waals surface area (Å²) in [4.78, 5) is 25.3. The molecule has 0 aromatic heterocycles. The maximum Gasteiger partial charge on any atom is 0.312 e. The van der Waals surface area contributed by atoms with Gasteiger partial charge in [-0.25, -0.2) is 0 Å². The Morgan fingerprint density at radius 2 is 0.976 bits per heavy atom. The molecule has 4 heteroatoms. The summed E-state index contributed by atoms with van der Waals surface area (Å²) in [5, 5.41) is 9.79. The van der Waals surface area contributed by atoms with Crippen molar-refractivity contribution < 1.29 is 19.4 Å². The van der Waals surface area contributed by atoms with Crippen molar-refractivity contribution in [1.82, 2.24) is 0 Å². The highest BCUT2D eigenvalue weighted by atomic mass is 16.5. The quantitative estimate of drug-likeness (QED) is 0.0693. The number of hydrogen-bond acceptors (Lipinski definition) is 3. The molecular weight excluding hydrogens is 520 g/mol. The number of ether oxygens (including phenoxy) is 1. The first-order valence-electron chi connectivity index (χ1n) is 18.9. The van der Waals surface area contributed by atoms with Crippen LogP contribution >= 0.6 is 0 Å². The summed E-state index contributed by atoms with van der Waals surface area (Å²) in [6.07, 6.45) is 36.7. The van der Waals surface area contributed by atoms with Crippen molar-refractivity contribution in [3.8, 4) is 0 Å². The lowest BCUT2D eigenvalue weighted by molar-refractivity contribution is -0.174. The summed E-state index contributed by atoms with van der Waals surface area (Å²) < 4.78 is 6.16. The van der Waals surface area contributed by atoms with Crippen LogP contribution in [0.5, 0.6) is 0 Å². The van der Waals surface area contributed by atoms with Crippen LogP contribution < -0.4 is 0 Å². The molecule has 0 aliphatic heterocycles. The smallest absolute Gasteiger partial charge is 0.312 e. The Kier molecular flexibility index (Phi) is 24.4. The molecule has 248 valence electrons. The fraction of sp³-hybridized carbons (Fsp3) is 0.947. The minimum atomic E-state index is -0.879. The average molecular weight is 593 g/mol. The molecule has 1 aliphatic rings. The van der Waals surface area contributed by atoms with E-state index in [9.17, 15) is 14.7 Å². The molecule has 1 rings (SSSR count). The Hall–Kier alpha value is -1.06. The third-order valence-corrected chi connectivity index (χ3v) is 10.0. The van der Waals surface area contributed by atoms with E-state index in [4.69, 9.17) is 4.74 Å². The molecule has 1 saturated carbocycles. The van der Waals surface area contributed by atoms with Gasteiger partial charge < -0.3 is 9.84 Å². The summed E-state index contributed by atoms with van der Waals surface area (Å²) >= 11 is 0. The molecule has 42 heavy (non-hydrogen) atoms. The predicted molar refractivity (Wildman–Crippen MR) is 179 cm³/mol. The van der Waals surface area contributed by atoms with Gasteiger partial charge in [-0.3, -0.25) is 9.59 Å². The third-order valence-electron chi connectivity index (χ3n) is 10.0. The number of esters is 1. The molecule has 0 heterocycles. The molecule has 0 saturated heterocycles. The second-order valence-electron chi connectivity index (χ2n) is 13.9. The normalized spacial score (nSPS) is 19.5. The van der Waals surface area contributed by atoms with Crippen LogP contribution in [0.15, 0.2) is 0 Å². The molecule has 0 spiro atoms. The fourth-order valence-corrected chi connectivity index (χ4v) is 6.95. The monoisotopic (exact) mass is 593 g/mol. The van der Waals surface area contributed by atoms with Gasteiger partial charge in [0.15, 0.2) is 0 Å². The fourth-order valence-electron chi connectivity index (χ4n) is 6.95. The Morgan fingerprint density at radius 1 is 0.619 bits per heavy atom. The average Bonchev–Trinajstić information content (AvgIpc) is 2.98. The molecule has 0 radical (unpaired) electrons. The van der Waals surface area contributed by atoms with Gasteiger partial charge in [0.25, 0.3) is 0 Å². The highest BCUT2D eigenvalue weighted by Crippen LogP contribution is 2.42. The molecule has 4 nitrogen and oxygen atoms in total. The number of rotatable bonds is 29. The highest BCUT2D eigenvalue weighted by Gasteiger charge is 2.48. The van der Waals surface area contributed by atoms with E-state index < -0.39 is 17.3 Å². The van der Waals surface area contributed by atoms with Crippen LogP contribution in [-0.2, 0) is 14.3 Å². The standard InChI is InChI=1S/C38H72O4/c1-4-6-8-10-12-14-15-16-17-18-19-21-23-25-27-31-34(30-26-24-22-20-13-11-9-7-5-2)42-37(41)38(3)33-29-28-32-35(38)36(39)40/h34-35H,4-33H2,1-3H3,(H,39,40). The topological polar surface area (TPSA) is 63.6 Å². The van der Waals surface area contributed by atoms with E-state index in [-0.39, 0.29) is 12.1 Å². The summed E-state index contributed by atoms with van der Waals surface area (Å²) in [6, 6.07) is 0. The number of unbranched alkanes of at least 4 members (excludes halogenated alkanes) is 22. The molecule has 1 N–H and O–H groups in total. The van der Waals surface area contributed by atoms with E-state index in [2.05, 4.69) is 13.8 Å². The Morgan fingerprint density at radius 3 is 1.33 bits per heavy atom. The summed E-state index contributed by atoms with van der Waals surface area (Å²) in [5.74, 6) is -1.71. The molecule has 3 unspecified atom stereocenters. The van der Waals surface area contributed by atoms with E-state index >= 15 is 0 Å². The van der Waals surface area contributed by atoms with Gasteiger partial charge >= 0.3 is 11.9 Å². The zero-order valence-electron chi connectivity index (χ0n) is 28.5.